The van der Waals surface area contributed by atoms with Gasteiger partial charge in [0, 0.05) is 28.6 Å². The third-order valence-electron chi connectivity index (χ3n) is 4.80. The highest BCUT2D eigenvalue weighted by Crippen LogP contribution is 2.26. The number of fused-ring (bicyclic) bond motifs is 1. The minimum Gasteiger partial charge on any atom is -0.424 e. The third kappa shape index (κ3) is 3.98. The van der Waals surface area contributed by atoms with Gasteiger partial charge in [0.15, 0.2) is 5.75 Å². The van der Waals surface area contributed by atoms with E-state index >= 15 is 0 Å². The van der Waals surface area contributed by atoms with E-state index in [4.69, 9.17) is 16.3 Å². The summed E-state index contributed by atoms with van der Waals surface area (Å²) >= 11 is 6.00. The van der Waals surface area contributed by atoms with Crippen LogP contribution in [0.1, 0.15) is 29.6 Å². The number of hydrogen-bond acceptors (Lipinski definition) is 4. The second-order valence-corrected chi connectivity index (χ2v) is 7.40. The number of carbonyl (C=O) groups excluding carboxylic acids is 1. The SMILES string of the molecule is CC(=O)Oc1cccc2ccc(/C=C/c3c(C)nn(-c4ccc(Cl)cc4)c3C)nc12. The molecular weight excluding hydrogens is 398 g/mol. The Morgan fingerprint density at radius 3 is 2.53 bits per heavy atom. The Bertz CT molecular complexity index is 1270. The quantitative estimate of drug-likeness (QED) is 0.311. The van der Waals surface area contributed by atoms with Crippen molar-refractivity contribution in [2.24, 2.45) is 0 Å². The van der Waals surface area contributed by atoms with Gasteiger partial charge in [0.2, 0.25) is 0 Å². The van der Waals surface area contributed by atoms with Gasteiger partial charge in [-0.25, -0.2) is 9.67 Å². The number of aromatic nitrogens is 3. The van der Waals surface area contributed by atoms with Crippen LogP contribution >= 0.6 is 11.6 Å². The predicted octanol–water partition coefficient (Wildman–Crippen LogP) is 5.79. The Kier molecular flexibility index (Phi) is 5.38. The van der Waals surface area contributed by atoms with Gasteiger partial charge in [0.25, 0.3) is 0 Å². The first-order valence-corrected chi connectivity index (χ1v) is 9.88. The number of carbonyl (C=O) groups is 1. The van der Waals surface area contributed by atoms with Gasteiger partial charge in [-0.1, -0.05) is 29.8 Å². The van der Waals surface area contributed by atoms with Gasteiger partial charge < -0.3 is 4.74 Å². The molecule has 0 fully saturated rings. The largest absolute Gasteiger partial charge is 0.424 e. The average molecular weight is 418 g/mol. The molecule has 4 aromatic rings. The standard InChI is InChI=1S/C24H20ClN3O2/c1-15-22(16(2)28(27-15)21-12-8-19(25)9-13-21)14-11-20-10-7-18-5-4-6-23(24(18)26-20)30-17(3)29/h4-14H,1-3H3/b14-11+. The van der Waals surface area contributed by atoms with Crippen LogP contribution in [0.25, 0.3) is 28.7 Å². The maximum atomic E-state index is 11.4. The average Bonchev–Trinajstić information content (AvgIpc) is 3.00. The highest BCUT2D eigenvalue weighted by Gasteiger charge is 2.11. The summed E-state index contributed by atoms with van der Waals surface area (Å²) in [4.78, 5) is 16.1. The van der Waals surface area contributed by atoms with Gasteiger partial charge in [-0.05, 0) is 62.4 Å². The number of esters is 1. The Balaban J connectivity index is 1.69. The van der Waals surface area contributed by atoms with Crippen LogP contribution in [-0.2, 0) is 4.79 Å². The lowest BCUT2D eigenvalue weighted by molar-refractivity contribution is -0.131. The first-order valence-electron chi connectivity index (χ1n) is 9.51. The van der Waals surface area contributed by atoms with Crippen molar-refractivity contribution >= 4 is 40.6 Å². The highest BCUT2D eigenvalue weighted by molar-refractivity contribution is 6.30. The van der Waals surface area contributed by atoms with Crippen LogP contribution in [0.15, 0.2) is 54.6 Å². The Labute approximate surface area is 179 Å². The fourth-order valence-corrected chi connectivity index (χ4v) is 3.49. The molecule has 0 atom stereocenters. The van der Waals surface area contributed by atoms with E-state index in [0.29, 0.717) is 16.3 Å². The molecule has 0 unspecified atom stereocenters. The van der Waals surface area contributed by atoms with Crippen molar-refractivity contribution in [1.82, 2.24) is 14.8 Å². The summed E-state index contributed by atoms with van der Waals surface area (Å²) in [6.07, 6.45) is 3.94. The van der Waals surface area contributed by atoms with E-state index < -0.39 is 0 Å². The van der Waals surface area contributed by atoms with E-state index in [1.807, 2.05) is 79.2 Å². The summed E-state index contributed by atoms with van der Waals surface area (Å²) in [6, 6.07) is 17.0. The molecular formula is C24H20ClN3O2. The molecule has 4 rings (SSSR count). The number of rotatable bonds is 4. The molecule has 0 aliphatic carbocycles. The molecule has 0 spiro atoms. The second kappa shape index (κ2) is 8.13. The van der Waals surface area contributed by atoms with Gasteiger partial charge in [-0.3, -0.25) is 4.79 Å². The van der Waals surface area contributed by atoms with Gasteiger partial charge in [-0.15, -0.1) is 0 Å². The molecule has 5 nitrogen and oxygen atoms in total. The number of pyridine rings is 1. The number of ether oxygens (including phenoxy) is 1. The van der Waals surface area contributed by atoms with Crippen LogP contribution in [-0.4, -0.2) is 20.7 Å². The van der Waals surface area contributed by atoms with E-state index in [-0.39, 0.29) is 5.97 Å². The van der Waals surface area contributed by atoms with E-state index in [1.165, 1.54) is 6.92 Å². The summed E-state index contributed by atoms with van der Waals surface area (Å²) in [5.41, 5.74) is 5.34. The number of halogens is 1. The lowest BCUT2D eigenvalue weighted by Gasteiger charge is -2.06. The van der Waals surface area contributed by atoms with Crippen molar-refractivity contribution in [2.45, 2.75) is 20.8 Å². The normalized spacial score (nSPS) is 11.3. The summed E-state index contributed by atoms with van der Waals surface area (Å²) in [5.74, 6) is 0.0873. The minimum atomic E-state index is -0.369. The number of hydrogen-bond donors (Lipinski definition) is 0. The molecule has 0 aliphatic heterocycles. The van der Waals surface area contributed by atoms with Gasteiger partial charge >= 0.3 is 5.97 Å². The fourth-order valence-electron chi connectivity index (χ4n) is 3.36. The molecule has 0 N–H and O–H groups in total. The summed E-state index contributed by atoms with van der Waals surface area (Å²) < 4.78 is 7.20. The van der Waals surface area contributed by atoms with Crippen molar-refractivity contribution < 1.29 is 9.53 Å². The van der Waals surface area contributed by atoms with Crippen LogP contribution in [0.3, 0.4) is 0 Å². The Morgan fingerprint density at radius 1 is 1.03 bits per heavy atom. The fraction of sp³-hybridized carbons (Fsp3) is 0.125. The molecule has 0 amide bonds. The molecule has 2 aromatic heterocycles. The minimum absolute atomic E-state index is 0.369. The third-order valence-corrected chi connectivity index (χ3v) is 5.05. The molecule has 0 saturated heterocycles. The highest BCUT2D eigenvalue weighted by atomic mass is 35.5. The summed E-state index contributed by atoms with van der Waals surface area (Å²) in [6.45, 7) is 5.39. The molecule has 0 aliphatic rings. The summed E-state index contributed by atoms with van der Waals surface area (Å²) in [5, 5.41) is 6.27. The van der Waals surface area contributed by atoms with Crippen LogP contribution in [0.5, 0.6) is 5.75 Å². The van der Waals surface area contributed by atoms with Gasteiger partial charge in [-0.2, -0.15) is 5.10 Å². The van der Waals surface area contributed by atoms with Crippen molar-refractivity contribution in [3.05, 3.63) is 82.3 Å². The number of para-hydroxylation sites is 1. The first kappa shape index (κ1) is 19.9. The predicted molar refractivity (Wildman–Crippen MR) is 120 cm³/mol. The molecule has 2 aromatic carbocycles. The van der Waals surface area contributed by atoms with E-state index in [9.17, 15) is 4.79 Å². The van der Waals surface area contributed by atoms with Crippen LogP contribution in [0, 0.1) is 13.8 Å². The second-order valence-electron chi connectivity index (χ2n) is 6.96. The number of nitrogens with zero attached hydrogens (tertiary/aromatic N) is 3. The van der Waals surface area contributed by atoms with Crippen LogP contribution in [0.4, 0.5) is 0 Å². The smallest absolute Gasteiger partial charge is 0.308 e. The lowest BCUT2D eigenvalue weighted by Crippen LogP contribution is -2.02. The monoisotopic (exact) mass is 417 g/mol. The topological polar surface area (TPSA) is 57.0 Å². The van der Waals surface area contributed by atoms with E-state index in [0.717, 1.165) is 33.7 Å². The first-order chi connectivity index (χ1) is 14.4. The maximum Gasteiger partial charge on any atom is 0.308 e. The molecule has 2 heterocycles. The zero-order chi connectivity index (χ0) is 21.3. The molecule has 6 heteroatoms. The van der Waals surface area contributed by atoms with Crippen molar-refractivity contribution in [3.63, 3.8) is 0 Å². The van der Waals surface area contributed by atoms with Gasteiger partial charge in [0.1, 0.15) is 5.52 Å². The van der Waals surface area contributed by atoms with E-state index in [1.54, 1.807) is 6.07 Å². The van der Waals surface area contributed by atoms with Crippen LogP contribution < -0.4 is 4.74 Å². The molecule has 30 heavy (non-hydrogen) atoms. The Morgan fingerprint density at radius 2 is 1.80 bits per heavy atom. The molecule has 0 bridgehead atoms. The zero-order valence-electron chi connectivity index (χ0n) is 16.9. The zero-order valence-corrected chi connectivity index (χ0v) is 17.6. The van der Waals surface area contributed by atoms with Crippen molar-refractivity contribution in [2.75, 3.05) is 0 Å². The van der Waals surface area contributed by atoms with Crippen LogP contribution in [0.2, 0.25) is 5.02 Å². The van der Waals surface area contributed by atoms with Crippen molar-refractivity contribution in [3.8, 4) is 11.4 Å². The number of benzene rings is 2. The molecule has 0 radical (unpaired) electrons. The summed E-state index contributed by atoms with van der Waals surface area (Å²) in [7, 11) is 0. The van der Waals surface area contributed by atoms with Gasteiger partial charge in [0.05, 0.1) is 17.1 Å². The molecule has 0 saturated carbocycles. The lowest BCUT2D eigenvalue weighted by atomic mass is 10.1. The maximum absolute atomic E-state index is 11.4. The Hall–Kier alpha value is -3.44. The number of aryl methyl sites for hydroxylation is 1. The van der Waals surface area contributed by atoms with E-state index in [2.05, 4.69) is 10.1 Å². The van der Waals surface area contributed by atoms with Crippen molar-refractivity contribution in [1.29, 1.82) is 0 Å². The molecule has 150 valence electrons.